The number of likely N-dealkylation sites (tertiary alicyclic amines) is 2. The van der Waals surface area contributed by atoms with Crippen LogP contribution in [0.15, 0.2) is 24.3 Å². The molecule has 158 valence electrons. The number of hydrogen-bond donors (Lipinski definition) is 1. The molecule has 2 amide bonds. The molecular weight excluding hydrogens is 369 g/mol. The molecule has 1 saturated carbocycles. The number of benzene rings is 1. The van der Waals surface area contributed by atoms with E-state index >= 15 is 0 Å². The fourth-order valence-electron chi connectivity index (χ4n) is 4.72. The van der Waals surface area contributed by atoms with Crippen molar-refractivity contribution in [2.45, 2.75) is 51.0 Å². The van der Waals surface area contributed by atoms with Gasteiger partial charge in [-0.25, -0.2) is 4.39 Å². The summed E-state index contributed by atoms with van der Waals surface area (Å²) in [4.78, 5) is 29.4. The molecule has 3 aliphatic rings. The summed E-state index contributed by atoms with van der Waals surface area (Å²) in [6.45, 7) is 4.20. The second-order valence-corrected chi connectivity index (χ2v) is 8.83. The molecule has 2 aliphatic heterocycles. The highest BCUT2D eigenvalue weighted by atomic mass is 19.1. The first-order chi connectivity index (χ1) is 14.1. The van der Waals surface area contributed by atoms with E-state index < -0.39 is 0 Å². The largest absolute Gasteiger partial charge is 0.355 e. The number of halogens is 1. The third kappa shape index (κ3) is 5.35. The Labute approximate surface area is 172 Å². The predicted octanol–water partition coefficient (Wildman–Crippen LogP) is 2.60. The third-order valence-electron chi connectivity index (χ3n) is 6.67. The van der Waals surface area contributed by atoms with E-state index in [1.165, 1.54) is 12.1 Å². The van der Waals surface area contributed by atoms with Crippen LogP contribution in [0.2, 0.25) is 0 Å². The highest BCUT2D eigenvalue weighted by molar-refractivity contribution is 5.81. The fraction of sp³-hybridized carbons (Fsp3) is 0.652. The zero-order valence-corrected chi connectivity index (χ0v) is 17.1. The van der Waals surface area contributed by atoms with Gasteiger partial charge in [-0.1, -0.05) is 12.1 Å². The lowest BCUT2D eigenvalue weighted by molar-refractivity contribution is -0.134. The van der Waals surface area contributed by atoms with Crippen LogP contribution in [0.25, 0.3) is 0 Å². The maximum Gasteiger partial charge on any atom is 0.225 e. The van der Waals surface area contributed by atoms with Gasteiger partial charge in [-0.15, -0.1) is 0 Å². The van der Waals surface area contributed by atoms with Crippen molar-refractivity contribution < 1.29 is 14.0 Å². The van der Waals surface area contributed by atoms with E-state index in [2.05, 4.69) is 15.1 Å². The van der Waals surface area contributed by atoms with Gasteiger partial charge < -0.3 is 10.2 Å². The molecular formula is C23H32FN3O2. The van der Waals surface area contributed by atoms with Crippen LogP contribution in [-0.2, 0) is 16.0 Å². The quantitative estimate of drug-likeness (QED) is 0.797. The number of nitrogens with zero attached hydrogens (tertiary/aromatic N) is 2. The zero-order chi connectivity index (χ0) is 20.2. The molecule has 29 heavy (non-hydrogen) atoms. The van der Waals surface area contributed by atoms with E-state index in [1.54, 1.807) is 12.1 Å². The molecule has 5 nitrogen and oxygen atoms in total. The summed E-state index contributed by atoms with van der Waals surface area (Å²) < 4.78 is 13.0. The van der Waals surface area contributed by atoms with E-state index in [0.29, 0.717) is 24.4 Å². The summed E-state index contributed by atoms with van der Waals surface area (Å²) in [5.41, 5.74) is 1.03. The lowest BCUT2D eigenvalue weighted by Crippen LogP contribution is -2.51. The molecule has 0 radical (unpaired) electrons. The number of carbonyl (C=O) groups excluding carboxylic acids is 2. The number of hydrogen-bond acceptors (Lipinski definition) is 3. The van der Waals surface area contributed by atoms with Gasteiger partial charge in [-0.3, -0.25) is 14.5 Å². The zero-order valence-electron chi connectivity index (χ0n) is 17.1. The SMILES string of the molecule is O=C(NCCc1ccc(F)cc1)[C@@H]1CCCN(C2CCN(C(=O)C3CC3)CC2)C1. The van der Waals surface area contributed by atoms with E-state index in [0.717, 1.165) is 76.7 Å². The van der Waals surface area contributed by atoms with E-state index in [-0.39, 0.29) is 17.6 Å². The van der Waals surface area contributed by atoms with Crippen LogP contribution in [0.4, 0.5) is 4.39 Å². The molecule has 2 saturated heterocycles. The number of rotatable bonds is 6. The molecule has 0 spiro atoms. The smallest absolute Gasteiger partial charge is 0.225 e. The second-order valence-electron chi connectivity index (χ2n) is 8.83. The fourth-order valence-corrected chi connectivity index (χ4v) is 4.72. The molecule has 1 aromatic rings. The number of nitrogens with one attached hydrogen (secondary N) is 1. The molecule has 0 bridgehead atoms. The monoisotopic (exact) mass is 401 g/mol. The predicted molar refractivity (Wildman–Crippen MR) is 110 cm³/mol. The molecule has 1 aromatic carbocycles. The average Bonchev–Trinajstić information content (AvgIpc) is 3.60. The molecule has 4 rings (SSSR count). The van der Waals surface area contributed by atoms with Crippen LogP contribution in [0.5, 0.6) is 0 Å². The first-order valence-electron chi connectivity index (χ1n) is 11.1. The van der Waals surface area contributed by atoms with Crippen molar-refractivity contribution in [3.8, 4) is 0 Å². The average molecular weight is 402 g/mol. The lowest BCUT2D eigenvalue weighted by Gasteiger charge is -2.42. The van der Waals surface area contributed by atoms with Gasteiger partial charge in [0.25, 0.3) is 0 Å². The molecule has 6 heteroatoms. The van der Waals surface area contributed by atoms with Crippen molar-refractivity contribution in [2.75, 3.05) is 32.7 Å². The standard InChI is InChI=1S/C23H32FN3O2/c24-20-7-3-17(4-8-20)9-12-25-22(28)19-2-1-13-27(16-19)21-10-14-26(15-11-21)23(29)18-5-6-18/h3-4,7-8,18-19,21H,1-2,5-6,9-16H2,(H,25,28)/t19-/m1/s1. The van der Waals surface area contributed by atoms with Gasteiger partial charge in [0.15, 0.2) is 0 Å². The molecule has 1 aliphatic carbocycles. The van der Waals surface area contributed by atoms with E-state index in [1.807, 2.05) is 0 Å². The number of amides is 2. The van der Waals surface area contributed by atoms with Crippen LogP contribution in [-0.4, -0.2) is 60.4 Å². The third-order valence-corrected chi connectivity index (χ3v) is 6.67. The maximum absolute atomic E-state index is 13.0. The van der Waals surface area contributed by atoms with Crippen molar-refractivity contribution in [3.05, 3.63) is 35.6 Å². The molecule has 1 N–H and O–H groups in total. The maximum atomic E-state index is 13.0. The van der Waals surface area contributed by atoms with Crippen molar-refractivity contribution in [1.82, 2.24) is 15.1 Å². The van der Waals surface area contributed by atoms with Crippen LogP contribution in [0, 0.1) is 17.7 Å². The Kier molecular flexibility index (Phi) is 6.48. The second kappa shape index (κ2) is 9.24. The van der Waals surface area contributed by atoms with Gasteiger partial charge in [0, 0.05) is 38.1 Å². The summed E-state index contributed by atoms with van der Waals surface area (Å²) in [6, 6.07) is 6.95. The molecule has 1 atom stereocenters. The molecule has 3 fully saturated rings. The van der Waals surface area contributed by atoms with Gasteiger partial charge in [0.1, 0.15) is 5.82 Å². The van der Waals surface area contributed by atoms with E-state index in [9.17, 15) is 14.0 Å². The van der Waals surface area contributed by atoms with Gasteiger partial charge in [0.2, 0.25) is 11.8 Å². The Hall–Kier alpha value is -1.95. The topological polar surface area (TPSA) is 52.7 Å². The minimum atomic E-state index is -0.233. The van der Waals surface area contributed by atoms with Crippen LogP contribution in [0.1, 0.15) is 44.1 Å². The summed E-state index contributed by atoms with van der Waals surface area (Å²) in [5, 5.41) is 3.07. The Morgan fingerprint density at radius 3 is 2.38 bits per heavy atom. The summed E-state index contributed by atoms with van der Waals surface area (Å²) in [5.74, 6) is 0.620. The molecule has 0 unspecified atom stereocenters. The molecule has 0 aromatic heterocycles. The highest BCUT2D eigenvalue weighted by Gasteiger charge is 2.37. The van der Waals surface area contributed by atoms with Crippen LogP contribution >= 0.6 is 0 Å². The first-order valence-corrected chi connectivity index (χ1v) is 11.1. The first kappa shape index (κ1) is 20.3. The van der Waals surface area contributed by atoms with Crippen LogP contribution < -0.4 is 5.32 Å². The normalized spacial score (nSPS) is 23.8. The highest BCUT2D eigenvalue weighted by Crippen LogP contribution is 2.32. The van der Waals surface area contributed by atoms with Crippen molar-refractivity contribution in [3.63, 3.8) is 0 Å². The summed E-state index contributed by atoms with van der Waals surface area (Å²) in [6.07, 6.45) is 6.91. The van der Waals surface area contributed by atoms with Gasteiger partial charge in [0.05, 0.1) is 5.92 Å². The van der Waals surface area contributed by atoms with Gasteiger partial charge in [-0.2, -0.15) is 0 Å². The van der Waals surface area contributed by atoms with Crippen molar-refractivity contribution >= 4 is 11.8 Å². The summed E-state index contributed by atoms with van der Waals surface area (Å²) >= 11 is 0. The Balaban J connectivity index is 1.20. The van der Waals surface area contributed by atoms with Crippen LogP contribution in [0.3, 0.4) is 0 Å². The van der Waals surface area contributed by atoms with Gasteiger partial charge in [-0.05, 0) is 69.2 Å². The van der Waals surface area contributed by atoms with E-state index in [4.69, 9.17) is 0 Å². The minimum absolute atomic E-state index is 0.0445. The van der Waals surface area contributed by atoms with Crippen molar-refractivity contribution in [2.24, 2.45) is 11.8 Å². The Bertz CT molecular complexity index is 711. The number of piperidine rings is 2. The molecule has 2 heterocycles. The number of carbonyl (C=O) groups is 2. The van der Waals surface area contributed by atoms with Gasteiger partial charge >= 0.3 is 0 Å². The minimum Gasteiger partial charge on any atom is -0.355 e. The Morgan fingerprint density at radius 1 is 0.966 bits per heavy atom. The summed E-state index contributed by atoms with van der Waals surface area (Å²) in [7, 11) is 0. The van der Waals surface area contributed by atoms with Crippen molar-refractivity contribution in [1.29, 1.82) is 0 Å². The Morgan fingerprint density at radius 2 is 1.69 bits per heavy atom. The lowest BCUT2D eigenvalue weighted by atomic mass is 9.93.